The van der Waals surface area contributed by atoms with Gasteiger partial charge in [0, 0.05) is 16.3 Å². The van der Waals surface area contributed by atoms with E-state index in [1.54, 1.807) is 0 Å². The van der Waals surface area contributed by atoms with Gasteiger partial charge < -0.3 is 4.74 Å². The van der Waals surface area contributed by atoms with E-state index in [1.807, 2.05) is 43.3 Å². The standard InChI is InChI=1S/C26H21N2OP/c1-17(18-9-3-2-4-10-18)29-26-22-14-8-7-13-21(22)25(27-28-26)24-20-12-6-5-11-19(20)15-16-23(24)30/h2-17H,30H2,1H3. The minimum absolute atomic E-state index is 0.121. The highest BCUT2D eigenvalue weighted by molar-refractivity contribution is 7.28. The van der Waals surface area contributed by atoms with Gasteiger partial charge in [0.1, 0.15) is 11.8 Å². The van der Waals surface area contributed by atoms with Crippen molar-refractivity contribution in [1.29, 1.82) is 0 Å². The van der Waals surface area contributed by atoms with Crippen LogP contribution in [0.1, 0.15) is 18.6 Å². The van der Waals surface area contributed by atoms with Crippen molar-refractivity contribution >= 4 is 36.1 Å². The fraction of sp³-hybridized carbons (Fsp3) is 0.0769. The lowest BCUT2D eigenvalue weighted by atomic mass is 9.98. The Balaban J connectivity index is 1.67. The molecule has 0 aliphatic carbocycles. The van der Waals surface area contributed by atoms with Crippen LogP contribution in [-0.2, 0) is 0 Å². The lowest BCUT2D eigenvalue weighted by Gasteiger charge is -2.17. The van der Waals surface area contributed by atoms with Crippen molar-refractivity contribution < 1.29 is 4.74 Å². The Kier molecular flexibility index (Phi) is 4.90. The number of ether oxygens (including phenoxy) is 1. The molecular formula is C26H21N2OP. The molecule has 0 fully saturated rings. The summed E-state index contributed by atoms with van der Waals surface area (Å²) in [6.45, 7) is 2.03. The van der Waals surface area contributed by atoms with Crippen molar-refractivity contribution in [2.24, 2.45) is 0 Å². The minimum atomic E-state index is -0.121. The first kappa shape index (κ1) is 18.7. The third-order valence-corrected chi connectivity index (χ3v) is 5.89. The van der Waals surface area contributed by atoms with Crippen LogP contribution in [-0.4, -0.2) is 10.2 Å². The Morgan fingerprint density at radius 2 is 1.37 bits per heavy atom. The highest BCUT2D eigenvalue weighted by Gasteiger charge is 2.17. The van der Waals surface area contributed by atoms with Gasteiger partial charge in [-0.3, -0.25) is 0 Å². The van der Waals surface area contributed by atoms with Crippen LogP contribution in [0.3, 0.4) is 0 Å². The molecule has 0 aliphatic heterocycles. The molecule has 0 bridgehead atoms. The van der Waals surface area contributed by atoms with Gasteiger partial charge in [-0.1, -0.05) is 84.9 Å². The molecule has 0 amide bonds. The second-order valence-electron chi connectivity index (χ2n) is 7.32. The molecule has 30 heavy (non-hydrogen) atoms. The van der Waals surface area contributed by atoms with E-state index < -0.39 is 0 Å². The number of aromatic nitrogens is 2. The Labute approximate surface area is 177 Å². The Morgan fingerprint density at radius 1 is 0.700 bits per heavy atom. The van der Waals surface area contributed by atoms with Gasteiger partial charge in [0.25, 0.3) is 0 Å². The Bertz CT molecular complexity index is 1350. The zero-order valence-electron chi connectivity index (χ0n) is 16.6. The number of fused-ring (bicyclic) bond motifs is 2. The summed E-state index contributed by atoms with van der Waals surface area (Å²) >= 11 is 0. The van der Waals surface area contributed by atoms with E-state index in [1.165, 1.54) is 5.39 Å². The molecule has 2 atom stereocenters. The molecule has 4 heteroatoms. The molecular weight excluding hydrogens is 387 g/mol. The molecule has 4 aromatic carbocycles. The second kappa shape index (κ2) is 7.85. The molecule has 3 nitrogen and oxygen atoms in total. The van der Waals surface area contributed by atoms with E-state index in [9.17, 15) is 0 Å². The predicted molar refractivity (Wildman–Crippen MR) is 127 cm³/mol. The average molecular weight is 408 g/mol. The van der Waals surface area contributed by atoms with Crippen LogP contribution in [0.25, 0.3) is 32.8 Å². The summed E-state index contributed by atoms with van der Waals surface area (Å²) in [5.74, 6) is 0.552. The van der Waals surface area contributed by atoms with E-state index >= 15 is 0 Å². The summed E-state index contributed by atoms with van der Waals surface area (Å²) in [5.41, 5.74) is 3.06. The Morgan fingerprint density at radius 3 is 2.17 bits per heavy atom. The van der Waals surface area contributed by atoms with Gasteiger partial charge in [-0.25, -0.2) is 0 Å². The van der Waals surface area contributed by atoms with Gasteiger partial charge in [0.05, 0.1) is 0 Å². The topological polar surface area (TPSA) is 35.0 Å². The van der Waals surface area contributed by atoms with E-state index in [4.69, 9.17) is 4.74 Å². The quantitative estimate of drug-likeness (QED) is 0.338. The fourth-order valence-electron chi connectivity index (χ4n) is 3.86. The summed E-state index contributed by atoms with van der Waals surface area (Å²) in [6, 6.07) is 31.0. The molecule has 146 valence electrons. The van der Waals surface area contributed by atoms with Crippen molar-refractivity contribution in [1.82, 2.24) is 10.2 Å². The van der Waals surface area contributed by atoms with Gasteiger partial charge in [-0.05, 0) is 34.6 Å². The first-order chi connectivity index (χ1) is 14.7. The van der Waals surface area contributed by atoms with Gasteiger partial charge in [0.2, 0.25) is 5.88 Å². The first-order valence-corrected chi connectivity index (χ1v) is 10.5. The zero-order chi connectivity index (χ0) is 20.5. The summed E-state index contributed by atoms with van der Waals surface area (Å²) < 4.78 is 6.24. The van der Waals surface area contributed by atoms with Crippen molar-refractivity contribution in [3.8, 4) is 17.1 Å². The van der Waals surface area contributed by atoms with Crippen molar-refractivity contribution in [2.75, 3.05) is 0 Å². The van der Waals surface area contributed by atoms with Crippen LogP contribution in [0.2, 0.25) is 0 Å². The first-order valence-electron chi connectivity index (χ1n) is 9.97. The largest absolute Gasteiger partial charge is 0.468 e. The smallest absolute Gasteiger partial charge is 0.242 e. The van der Waals surface area contributed by atoms with E-state index in [-0.39, 0.29) is 6.10 Å². The predicted octanol–water partition coefficient (Wildman–Crippen LogP) is 6.09. The number of nitrogens with zero attached hydrogens (tertiary/aromatic N) is 2. The molecule has 0 aliphatic rings. The maximum absolute atomic E-state index is 6.24. The number of rotatable bonds is 4. The lowest BCUT2D eigenvalue weighted by Crippen LogP contribution is -2.07. The number of hydrogen-bond donors (Lipinski definition) is 0. The third kappa shape index (κ3) is 3.32. The zero-order valence-corrected chi connectivity index (χ0v) is 17.8. The monoisotopic (exact) mass is 408 g/mol. The van der Waals surface area contributed by atoms with Gasteiger partial charge in [0.15, 0.2) is 0 Å². The van der Waals surface area contributed by atoms with Crippen molar-refractivity contribution in [3.05, 3.63) is 96.6 Å². The highest BCUT2D eigenvalue weighted by atomic mass is 31.0. The number of benzene rings is 4. The van der Waals surface area contributed by atoms with E-state index in [0.29, 0.717) is 5.88 Å². The summed E-state index contributed by atoms with van der Waals surface area (Å²) in [4.78, 5) is 0. The normalized spacial score (nSPS) is 12.2. The molecule has 1 aromatic heterocycles. The summed E-state index contributed by atoms with van der Waals surface area (Å²) in [5, 5.41) is 14.6. The average Bonchev–Trinajstić information content (AvgIpc) is 2.80. The highest BCUT2D eigenvalue weighted by Crippen LogP contribution is 2.35. The van der Waals surface area contributed by atoms with Crippen molar-refractivity contribution in [2.45, 2.75) is 13.0 Å². The van der Waals surface area contributed by atoms with Crippen LogP contribution < -0.4 is 10.0 Å². The van der Waals surface area contributed by atoms with Gasteiger partial charge in [-0.2, -0.15) is 0 Å². The van der Waals surface area contributed by atoms with Crippen molar-refractivity contribution in [3.63, 3.8) is 0 Å². The second-order valence-corrected chi connectivity index (χ2v) is 7.94. The molecule has 0 saturated heterocycles. The molecule has 5 rings (SSSR count). The minimum Gasteiger partial charge on any atom is -0.468 e. The Hall–Kier alpha value is -3.29. The molecule has 2 unspecified atom stereocenters. The van der Waals surface area contributed by atoms with Crippen LogP contribution in [0, 0.1) is 0 Å². The molecule has 0 saturated carbocycles. The fourth-order valence-corrected chi connectivity index (χ4v) is 4.25. The van der Waals surface area contributed by atoms with Gasteiger partial charge >= 0.3 is 0 Å². The molecule has 5 aromatic rings. The summed E-state index contributed by atoms with van der Waals surface area (Å²) in [7, 11) is 2.84. The maximum Gasteiger partial charge on any atom is 0.242 e. The van der Waals surface area contributed by atoms with Gasteiger partial charge in [-0.15, -0.1) is 19.4 Å². The maximum atomic E-state index is 6.24. The van der Waals surface area contributed by atoms with E-state index in [0.717, 1.165) is 38.3 Å². The van der Waals surface area contributed by atoms with Crippen LogP contribution in [0.5, 0.6) is 5.88 Å². The molecule has 1 heterocycles. The van der Waals surface area contributed by atoms with Crippen LogP contribution >= 0.6 is 9.24 Å². The van der Waals surface area contributed by atoms with E-state index in [2.05, 4.69) is 74.0 Å². The third-order valence-electron chi connectivity index (χ3n) is 5.41. The van der Waals surface area contributed by atoms with Crippen LogP contribution in [0.4, 0.5) is 0 Å². The molecule has 0 radical (unpaired) electrons. The SMILES string of the molecule is CC(Oc1nnc(-c2c(P)ccc3ccccc23)c2ccccc12)c1ccccc1. The van der Waals surface area contributed by atoms with Crippen LogP contribution in [0.15, 0.2) is 91.0 Å². The molecule has 0 N–H and O–H groups in total. The number of hydrogen-bond acceptors (Lipinski definition) is 3. The molecule has 0 spiro atoms. The lowest BCUT2D eigenvalue weighted by molar-refractivity contribution is 0.218. The summed E-state index contributed by atoms with van der Waals surface area (Å²) in [6.07, 6.45) is -0.121.